The van der Waals surface area contributed by atoms with Crippen molar-refractivity contribution < 1.29 is 17.9 Å². The Morgan fingerprint density at radius 3 is 2.26 bits per heavy atom. The maximum atomic E-state index is 13.2. The predicted octanol–water partition coefficient (Wildman–Crippen LogP) is 2.63. The van der Waals surface area contributed by atoms with Crippen LogP contribution in [0, 0.1) is 19.8 Å². The number of carbonyl (C=O) groups excluding carboxylic acids is 1. The molecule has 2 aliphatic rings. The summed E-state index contributed by atoms with van der Waals surface area (Å²) in [6, 6.07) is 4.31. The van der Waals surface area contributed by atoms with E-state index in [0.717, 1.165) is 38.8 Å². The molecule has 8 nitrogen and oxygen atoms in total. The summed E-state index contributed by atoms with van der Waals surface area (Å²) in [7, 11) is 3.73. The van der Waals surface area contributed by atoms with E-state index in [1.807, 2.05) is 0 Å². The van der Waals surface area contributed by atoms with Gasteiger partial charge in [0.05, 0.1) is 12.0 Å². The molecule has 1 saturated heterocycles. The normalized spacial score (nSPS) is 23.7. The van der Waals surface area contributed by atoms with Crippen LogP contribution >= 0.6 is 0 Å². The van der Waals surface area contributed by atoms with Gasteiger partial charge in [0, 0.05) is 45.2 Å². The van der Waals surface area contributed by atoms with E-state index in [1.165, 1.54) is 24.3 Å². The lowest BCUT2D eigenvalue weighted by Gasteiger charge is -2.32. The zero-order valence-corrected chi connectivity index (χ0v) is 23.2. The Hall–Kier alpha value is -1.68. The molecule has 1 amide bonds. The Morgan fingerprint density at radius 2 is 1.71 bits per heavy atom. The lowest BCUT2D eigenvalue weighted by atomic mass is 9.85. The molecule has 1 N–H and O–H groups in total. The first-order valence-electron chi connectivity index (χ1n) is 12.8. The minimum absolute atomic E-state index is 0.0768. The molecule has 1 aromatic carbocycles. The van der Waals surface area contributed by atoms with Crippen molar-refractivity contribution in [1.29, 1.82) is 0 Å². The van der Waals surface area contributed by atoms with E-state index in [0.29, 0.717) is 28.8 Å². The van der Waals surface area contributed by atoms with Crippen molar-refractivity contribution in [3.05, 3.63) is 23.3 Å². The number of sulfonamides is 1. The Balaban J connectivity index is 1.43. The second-order valence-corrected chi connectivity index (χ2v) is 12.6. The highest BCUT2D eigenvalue weighted by atomic mass is 32.2. The zero-order chi connectivity index (χ0) is 25.8. The van der Waals surface area contributed by atoms with E-state index in [4.69, 9.17) is 4.74 Å². The van der Waals surface area contributed by atoms with Crippen LogP contribution in [0.1, 0.15) is 49.7 Å². The standard InChI is InChI=1S/C26H44N4O4S/c1-19-15-24(34-6)16-20(2)26(19)35(32,33)29(5)13-12-25(31)27-22-9-7-21(8-10-22)17-30-14-11-23(18-30)28(3)4/h15-16,21-23H,7-14,17-18H2,1-6H3,(H,27,31)/t21-,22-,23-/m1/s1. The van der Waals surface area contributed by atoms with E-state index in [-0.39, 0.29) is 29.8 Å². The number of methoxy groups -OCH3 is 1. The molecular formula is C26H44N4O4S. The largest absolute Gasteiger partial charge is 0.497 e. The molecule has 2 fully saturated rings. The summed E-state index contributed by atoms with van der Waals surface area (Å²) >= 11 is 0. The number of likely N-dealkylation sites (tertiary alicyclic amines) is 1. The number of benzene rings is 1. The molecule has 35 heavy (non-hydrogen) atoms. The first kappa shape index (κ1) is 27.9. The predicted molar refractivity (Wildman–Crippen MR) is 139 cm³/mol. The van der Waals surface area contributed by atoms with Gasteiger partial charge in [0.1, 0.15) is 5.75 Å². The maximum absolute atomic E-state index is 13.2. The fourth-order valence-corrected chi connectivity index (χ4v) is 7.10. The highest BCUT2D eigenvalue weighted by Gasteiger charge is 2.29. The lowest BCUT2D eigenvalue weighted by Crippen LogP contribution is -2.41. The number of nitrogens with one attached hydrogen (secondary N) is 1. The summed E-state index contributed by atoms with van der Waals surface area (Å²) in [4.78, 5) is 17.8. The molecular weight excluding hydrogens is 464 g/mol. The van der Waals surface area contributed by atoms with Crippen LogP contribution in [0.2, 0.25) is 0 Å². The molecule has 0 aromatic heterocycles. The number of likely N-dealkylation sites (N-methyl/N-ethyl adjacent to an activating group) is 1. The number of nitrogens with zero attached hydrogens (tertiary/aromatic N) is 3. The van der Waals surface area contributed by atoms with Gasteiger partial charge in [-0.15, -0.1) is 0 Å². The summed E-state index contributed by atoms with van der Waals surface area (Å²) in [5.41, 5.74) is 1.28. The van der Waals surface area contributed by atoms with Gasteiger partial charge in [-0.25, -0.2) is 12.7 Å². The molecule has 0 radical (unpaired) electrons. The highest BCUT2D eigenvalue weighted by molar-refractivity contribution is 7.89. The molecule has 9 heteroatoms. The van der Waals surface area contributed by atoms with E-state index < -0.39 is 10.0 Å². The Morgan fingerprint density at radius 1 is 1.09 bits per heavy atom. The van der Waals surface area contributed by atoms with Crippen molar-refractivity contribution in [2.24, 2.45) is 5.92 Å². The number of carbonyl (C=O) groups is 1. The van der Waals surface area contributed by atoms with Crippen molar-refractivity contribution in [3.63, 3.8) is 0 Å². The molecule has 1 aromatic rings. The van der Waals surface area contributed by atoms with Gasteiger partial charge in [0.15, 0.2) is 0 Å². The molecule has 0 spiro atoms. The van der Waals surface area contributed by atoms with Crippen molar-refractivity contribution in [2.75, 3.05) is 54.4 Å². The summed E-state index contributed by atoms with van der Waals surface area (Å²) in [5.74, 6) is 1.26. The number of hydrogen-bond acceptors (Lipinski definition) is 6. The monoisotopic (exact) mass is 508 g/mol. The average Bonchev–Trinajstić information content (AvgIpc) is 3.27. The van der Waals surface area contributed by atoms with Crippen LogP contribution in [0.15, 0.2) is 17.0 Å². The zero-order valence-electron chi connectivity index (χ0n) is 22.3. The third-order valence-corrected chi connectivity index (χ3v) is 9.86. The van der Waals surface area contributed by atoms with Gasteiger partial charge in [-0.1, -0.05) is 0 Å². The molecule has 198 valence electrons. The van der Waals surface area contributed by atoms with E-state index >= 15 is 0 Å². The van der Waals surface area contributed by atoms with Gasteiger partial charge >= 0.3 is 0 Å². The minimum atomic E-state index is -3.69. The molecule has 1 aliphatic carbocycles. The number of hydrogen-bond donors (Lipinski definition) is 1. The van der Waals surface area contributed by atoms with Gasteiger partial charge in [-0.2, -0.15) is 0 Å². The third kappa shape index (κ3) is 7.18. The number of rotatable bonds is 10. The van der Waals surface area contributed by atoms with Crippen LogP contribution in [-0.4, -0.2) is 94.9 Å². The van der Waals surface area contributed by atoms with Crippen molar-refractivity contribution in [1.82, 2.24) is 19.4 Å². The third-order valence-electron chi connectivity index (χ3n) is 7.70. The van der Waals surface area contributed by atoms with Gasteiger partial charge in [-0.3, -0.25) is 4.79 Å². The summed E-state index contributed by atoms with van der Waals surface area (Å²) in [6.45, 7) is 7.20. The van der Waals surface area contributed by atoms with E-state index in [2.05, 4.69) is 29.2 Å². The maximum Gasteiger partial charge on any atom is 0.243 e. The smallest absolute Gasteiger partial charge is 0.243 e. The van der Waals surface area contributed by atoms with Gasteiger partial charge in [0.25, 0.3) is 0 Å². The van der Waals surface area contributed by atoms with Crippen molar-refractivity contribution >= 4 is 15.9 Å². The fourth-order valence-electron chi connectivity index (χ4n) is 5.52. The van der Waals surface area contributed by atoms with Crippen LogP contribution in [-0.2, 0) is 14.8 Å². The van der Waals surface area contributed by atoms with E-state index in [9.17, 15) is 13.2 Å². The van der Waals surface area contributed by atoms with Crippen molar-refractivity contribution in [3.8, 4) is 5.75 Å². The molecule has 0 bridgehead atoms. The van der Waals surface area contributed by atoms with Gasteiger partial charge in [-0.05, 0) is 95.8 Å². The van der Waals surface area contributed by atoms with Crippen LogP contribution in [0.4, 0.5) is 0 Å². The molecule has 1 aliphatic heterocycles. The first-order valence-corrected chi connectivity index (χ1v) is 14.2. The topological polar surface area (TPSA) is 82.2 Å². The van der Waals surface area contributed by atoms with Crippen LogP contribution < -0.4 is 10.1 Å². The minimum Gasteiger partial charge on any atom is -0.497 e. The second kappa shape index (κ2) is 12.0. The Kier molecular flexibility index (Phi) is 9.60. The molecule has 1 atom stereocenters. The first-order chi connectivity index (χ1) is 16.5. The molecule has 0 unspecified atom stereocenters. The molecule has 1 saturated carbocycles. The number of ether oxygens (including phenoxy) is 1. The van der Waals surface area contributed by atoms with Crippen LogP contribution in [0.3, 0.4) is 0 Å². The summed E-state index contributed by atoms with van der Waals surface area (Å²) in [6.07, 6.45) is 5.68. The van der Waals surface area contributed by atoms with E-state index in [1.54, 1.807) is 33.1 Å². The lowest BCUT2D eigenvalue weighted by molar-refractivity contribution is -0.122. The Labute approximate surface area is 212 Å². The van der Waals surface area contributed by atoms with Gasteiger partial charge in [0.2, 0.25) is 15.9 Å². The fraction of sp³-hybridized carbons (Fsp3) is 0.731. The molecule has 1 heterocycles. The number of aryl methyl sites for hydroxylation is 2. The second-order valence-electron chi connectivity index (χ2n) is 10.6. The van der Waals surface area contributed by atoms with Crippen LogP contribution in [0.25, 0.3) is 0 Å². The summed E-state index contributed by atoms with van der Waals surface area (Å²) in [5, 5.41) is 3.14. The number of amides is 1. The average molecular weight is 509 g/mol. The SMILES string of the molecule is COc1cc(C)c(S(=O)(=O)N(C)CCC(=O)N[C@H]2CC[C@H](CN3CC[C@@H](N(C)C)C3)CC2)c(C)c1. The quantitative estimate of drug-likeness (QED) is 0.523. The summed E-state index contributed by atoms with van der Waals surface area (Å²) < 4.78 is 32.8. The van der Waals surface area contributed by atoms with Crippen molar-refractivity contribution in [2.45, 2.75) is 69.4 Å². The van der Waals surface area contributed by atoms with Gasteiger partial charge < -0.3 is 19.9 Å². The van der Waals surface area contributed by atoms with Crippen LogP contribution in [0.5, 0.6) is 5.75 Å². The highest BCUT2D eigenvalue weighted by Crippen LogP contribution is 2.29. The Bertz CT molecular complexity index is 951. The molecule has 3 rings (SSSR count).